The number of halogens is 12. The molecule has 0 amide bonds. The van der Waals surface area contributed by atoms with E-state index in [1.54, 1.807) is 0 Å². The Morgan fingerprint density at radius 3 is 1.08 bits per heavy atom. The quantitative estimate of drug-likeness (QED) is 0.171. The van der Waals surface area contributed by atoms with Gasteiger partial charge in [0.2, 0.25) is 11.6 Å². The molecule has 0 aliphatic heterocycles. The van der Waals surface area contributed by atoms with Gasteiger partial charge in [-0.3, -0.25) is 0 Å². The topological polar surface area (TPSA) is 0 Å². The summed E-state index contributed by atoms with van der Waals surface area (Å²) < 4.78 is 130. The van der Waals surface area contributed by atoms with Gasteiger partial charge >= 0.3 is 0 Å². The highest BCUT2D eigenvalue weighted by Gasteiger charge is 2.42. The first kappa shape index (κ1) is 21.0. The summed E-state index contributed by atoms with van der Waals surface area (Å²) in [6, 6.07) is 0. The van der Waals surface area contributed by atoms with E-state index >= 15 is 0 Å². The summed E-state index contributed by atoms with van der Waals surface area (Å²) in [7, 11) is 0. The van der Waals surface area contributed by atoms with Crippen molar-refractivity contribution in [3.05, 3.63) is 63.7 Å². The molecule has 0 aliphatic carbocycles. The van der Waals surface area contributed by atoms with Gasteiger partial charge in [0, 0.05) is 0 Å². The maximum Gasteiger partial charge on any atom is 0.200 e. The van der Waals surface area contributed by atoms with E-state index < -0.39 is 84.1 Å². The Kier molecular flexibility index (Phi) is 5.65. The van der Waals surface area contributed by atoms with Crippen LogP contribution in [0.25, 0.3) is 0 Å². The van der Waals surface area contributed by atoms with Crippen LogP contribution in [-0.4, -0.2) is 0 Å². The number of rotatable bonds is 3. The highest BCUT2D eigenvalue weighted by Crippen LogP contribution is 2.52. The SMILES string of the molecule is Fc1c(F)c(F)c(SC(Cl)(Cl)c2c(F)c(F)c(F)c(F)c2F)c(F)c1F. The van der Waals surface area contributed by atoms with Crippen molar-refractivity contribution in [1.82, 2.24) is 0 Å². The largest absolute Gasteiger partial charge is 0.203 e. The third kappa shape index (κ3) is 3.20. The standard InChI is InChI=1S/C13Cl2F10S/c14-13(15,1-2(16)4(18)6(20)5(19)3(1)17)26-12-10(24)8(22)7(21)9(23)11(12)25. The zero-order valence-corrected chi connectivity index (χ0v) is 13.8. The molecule has 0 saturated carbocycles. The molecule has 0 atom stereocenters. The summed E-state index contributed by atoms with van der Waals surface area (Å²) in [4.78, 5) is -1.80. The molecule has 2 aromatic rings. The number of alkyl halides is 2. The van der Waals surface area contributed by atoms with E-state index in [1.807, 2.05) is 0 Å². The summed E-state index contributed by atoms with van der Waals surface area (Å²) >= 11 is 10.1. The van der Waals surface area contributed by atoms with Crippen LogP contribution < -0.4 is 0 Å². The van der Waals surface area contributed by atoms with Crippen LogP contribution in [0.2, 0.25) is 0 Å². The molecule has 2 rings (SSSR count). The van der Waals surface area contributed by atoms with Crippen LogP contribution in [0.1, 0.15) is 5.56 Å². The number of hydrogen-bond acceptors (Lipinski definition) is 1. The van der Waals surface area contributed by atoms with Gasteiger partial charge in [-0.25, -0.2) is 43.9 Å². The van der Waals surface area contributed by atoms with Crippen molar-refractivity contribution in [2.45, 2.75) is 8.56 Å². The molecule has 0 aromatic heterocycles. The summed E-state index contributed by atoms with van der Waals surface area (Å²) in [5, 5.41) is 0. The highest BCUT2D eigenvalue weighted by atomic mass is 35.5. The van der Waals surface area contributed by atoms with Crippen LogP contribution in [0.3, 0.4) is 0 Å². The van der Waals surface area contributed by atoms with Crippen molar-refractivity contribution in [3.63, 3.8) is 0 Å². The van der Waals surface area contributed by atoms with Gasteiger partial charge in [0.05, 0.1) is 10.5 Å². The number of thioether (sulfide) groups is 1. The zero-order valence-electron chi connectivity index (χ0n) is 11.4. The lowest BCUT2D eigenvalue weighted by Gasteiger charge is -2.22. The average molecular weight is 449 g/mol. The Hall–Kier alpha value is -1.33. The van der Waals surface area contributed by atoms with E-state index in [2.05, 4.69) is 0 Å². The Labute approximate surface area is 151 Å². The molecule has 0 radical (unpaired) electrons. The van der Waals surface area contributed by atoms with E-state index in [0.717, 1.165) is 0 Å². The first-order valence-electron chi connectivity index (χ1n) is 5.93. The first-order chi connectivity index (χ1) is 11.8. The molecule has 0 bridgehead atoms. The average Bonchev–Trinajstić information content (AvgIpc) is 2.58. The molecule has 0 nitrogen and oxygen atoms in total. The highest BCUT2D eigenvalue weighted by molar-refractivity contribution is 8.02. The molecule has 26 heavy (non-hydrogen) atoms. The summed E-state index contributed by atoms with van der Waals surface area (Å²) in [5.74, 6) is -25.0. The minimum Gasteiger partial charge on any atom is -0.203 e. The zero-order chi connectivity index (χ0) is 20.1. The lowest BCUT2D eigenvalue weighted by atomic mass is 10.2. The Morgan fingerprint density at radius 1 is 0.462 bits per heavy atom. The van der Waals surface area contributed by atoms with Crippen molar-refractivity contribution in [2.75, 3.05) is 0 Å². The molecule has 2 aromatic carbocycles. The molecule has 0 saturated heterocycles. The Morgan fingerprint density at radius 2 is 0.731 bits per heavy atom. The van der Waals surface area contributed by atoms with Crippen molar-refractivity contribution in [3.8, 4) is 0 Å². The van der Waals surface area contributed by atoms with Gasteiger partial charge in [-0.15, -0.1) is 0 Å². The van der Waals surface area contributed by atoms with E-state index in [4.69, 9.17) is 23.2 Å². The summed E-state index contributed by atoms with van der Waals surface area (Å²) in [5.41, 5.74) is -1.95. The predicted octanol–water partition coefficient (Wildman–Crippen LogP) is 6.46. The van der Waals surface area contributed by atoms with Crippen LogP contribution in [0.5, 0.6) is 0 Å². The minimum atomic E-state index is -3.36. The second-order valence-electron chi connectivity index (χ2n) is 4.46. The fourth-order valence-corrected chi connectivity index (χ4v) is 3.40. The Balaban J connectivity index is 2.70. The molecule has 0 unspecified atom stereocenters. The van der Waals surface area contributed by atoms with Crippen LogP contribution in [0.15, 0.2) is 4.90 Å². The van der Waals surface area contributed by atoms with Gasteiger partial charge in [0.15, 0.2) is 50.2 Å². The smallest absolute Gasteiger partial charge is 0.200 e. The molecular weight excluding hydrogens is 449 g/mol. The van der Waals surface area contributed by atoms with Crippen molar-refractivity contribution in [2.24, 2.45) is 0 Å². The number of benzene rings is 2. The fraction of sp³-hybridized carbons (Fsp3) is 0.0769. The lowest BCUT2D eigenvalue weighted by Crippen LogP contribution is -2.17. The predicted molar refractivity (Wildman–Crippen MR) is 71.7 cm³/mol. The van der Waals surface area contributed by atoms with Crippen molar-refractivity contribution in [1.29, 1.82) is 0 Å². The van der Waals surface area contributed by atoms with Gasteiger partial charge in [0.1, 0.15) is 0 Å². The molecule has 0 spiro atoms. The van der Waals surface area contributed by atoms with Crippen LogP contribution in [0.4, 0.5) is 43.9 Å². The fourth-order valence-electron chi connectivity index (χ4n) is 1.71. The molecule has 13 heteroatoms. The van der Waals surface area contributed by atoms with E-state index in [0.29, 0.717) is 0 Å². The molecule has 142 valence electrons. The van der Waals surface area contributed by atoms with Crippen molar-refractivity contribution >= 4 is 35.0 Å². The summed E-state index contributed by atoms with van der Waals surface area (Å²) in [6.07, 6.45) is 0. The second-order valence-corrected chi connectivity index (χ2v) is 7.46. The van der Waals surface area contributed by atoms with Gasteiger partial charge in [-0.2, -0.15) is 0 Å². The monoisotopic (exact) mass is 448 g/mol. The molecule has 0 aliphatic rings. The maximum absolute atomic E-state index is 13.7. The van der Waals surface area contributed by atoms with Crippen LogP contribution >= 0.6 is 35.0 Å². The lowest BCUT2D eigenvalue weighted by molar-refractivity contribution is 0.360. The van der Waals surface area contributed by atoms with Gasteiger partial charge < -0.3 is 0 Å². The normalized spacial score (nSPS) is 12.0. The molecule has 0 heterocycles. The van der Waals surface area contributed by atoms with E-state index in [9.17, 15) is 43.9 Å². The molecule has 0 fully saturated rings. The third-order valence-corrected chi connectivity index (χ3v) is 4.76. The van der Waals surface area contributed by atoms with Crippen LogP contribution in [0, 0.1) is 58.2 Å². The minimum absolute atomic E-state index is 0.761. The summed E-state index contributed by atoms with van der Waals surface area (Å²) in [6.45, 7) is 0. The van der Waals surface area contributed by atoms with E-state index in [1.165, 1.54) is 0 Å². The maximum atomic E-state index is 13.7. The third-order valence-electron chi connectivity index (χ3n) is 2.90. The van der Waals surface area contributed by atoms with Crippen LogP contribution in [-0.2, 0) is 3.67 Å². The van der Waals surface area contributed by atoms with Gasteiger partial charge in [-0.1, -0.05) is 35.0 Å². The van der Waals surface area contributed by atoms with Gasteiger partial charge in [0.25, 0.3) is 0 Å². The first-order valence-corrected chi connectivity index (χ1v) is 7.50. The molecular formula is C13Cl2F10S. The van der Waals surface area contributed by atoms with Crippen molar-refractivity contribution < 1.29 is 43.9 Å². The number of hydrogen-bond donors (Lipinski definition) is 0. The van der Waals surface area contributed by atoms with E-state index in [-0.39, 0.29) is 0 Å². The molecule has 0 N–H and O–H groups in total. The second kappa shape index (κ2) is 7.01. The van der Waals surface area contributed by atoms with Gasteiger partial charge in [-0.05, 0) is 0 Å². The Bertz CT molecular complexity index is 857.